The molecule has 1 aromatic rings. The lowest BCUT2D eigenvalue weighted by Crippen LogP contribution is -2.54. The number of aryl methyl sites for hydroxylation is 2. The third-order valence-electron chi connectivity index (χ3n) is 4.37. The van der Waals surface area contributed by atoms with E-state index in [1.165, 1.54) is 0 Å². The van der Waals surface area contributed by atoms with Crippen molar-refractivity contribution in [2.45, 2.75) is 32.7 Å². The van der Waals surface area contributed by atoms with E-state index in [0.717, 1.165) is 49.3 Å². The van der Waals surface area contributed by atoms with Gasteiger partial charge >= 0.3 is 0 Å². The van der Waals surface area contributed by atoms with Crippen LogP contribution in [0.15, 0.2) is 18.2 Å². The summed E-state index contributed by atoms with van der Waals surface area (Å²) in [7, 11) is 0. The summed E-state index contributed by atoms with van der Waals surface area (Å²) in [6.45, 7) is 9.68. The van der Waals surface area contributed by atoms with Crippen LogP contribution >= 0.6 is 0 Å². The second-order valence-electron chi connectivity index (χ2n) is 5.85. The van der Waals surface area contributed by atoms with Gasteiger partial charge in [0, 0.05) is 19.6 Å². The van der Waals surface area contributed by atoms with Crippen molar-refractivity contribution in [1.29, 1.82) is 0 Å². The molecule has 0 saturated carbocycles. The highest BCUT2D eigenvalue weighted by Gasteiger charge is 2.40. The van der Waals surface area contributed by atoms with Crippen LogP contribution in [0, 0.1) is 13.8 Å². The number of carbonyl (C=O) groups is 1. The van der Waals surface area contributed by atoms with Gasteiger partial charge in [0.1, 0.15) is 5.54 Å². The molecule has 2 rings (SSSR count). The first-order chi connectivity index (χ1) is 9.46. The minimum Gasteiger partial charge on any atom is -0.368 e. The SMILES string of the molecule is Cc1ccc(C)c(C(C)(C(N)=O)N2CCCNCC2)c1. The van der Waals surface area contributed by atoms with E-state index in [4.69, 9.17) is 5.73 Å². The number of rotatable bonds is 3. The molecule has 0 radical (unpaired) electrons. The number of nitrogens with zero attached hydrogens (tertiary/aromatic N) is 1. The van der Waals surface area contributed by atoms with Crippen molar-refractivity contribution in [1.82, 2.24) is 10.2 Å². The van der Waals surface area contributed by atoms with Gasteiger partial charge < -0.3 is 11.1 Å². The summed E-state index contributed by atoms with van der Waals surface area (Å²) in [5.41, 5.74) is 8.38. The molecule has 0 spiro atoms. The minimum absolute atomic E-state index is 0.270. The number of carbonyl (C=O) groups excluding carboxylic acids is 1. The zero-order valence-electron chi connectivity index (χ0n) is 12.7. The van der Waals surface area contributed by atoms with E-state index < -0.39 is 5.54 Å². The number of amides is 1. The maximum atomic E-state index is 12.3. The summed E-state index contributed by atoms with van der Waals surface area (Å²) in [6, 6.07) is 6.24. The third-order valence-corrected chi connectivity index (χ3v) is 4.37. The Morgan fingerprint density at radius 3 is 2.75 bits per heavy atom. The zero-order valence-corrected chi connectivity index (χ0v) is 12.7. The van der Waals surface area contributed by atoms with Crippen molar-refractivity contribution in [3.05, 3.63) is 34.9 Å². The molecule has 4 nitrogen and oxygen atoms in total. The number of benzene rings is 1. The molecule has 3 N–H and O–H groups in total. The molecular formula is C16H25N3O. The predicted octanol–water partition coefficient (Wildman–Crippen LogP) is 1.30. The summed E-state index contributed by atoms with van der Waals surface area (Å²) < 4.78 is 0. The normalized spacial score (nSPS) is 20.1. The first-order valence-electron chi connectivity index (χ1n) is 7.29. The van der Waals surface area contributed by atoms with Crippen molar-refractivity contribution in [3.8, 4) is 0 Å². The highest BCUT2D eigenvalue weighted by atomic mass is 16.1. The lowest BCUT2D eigenvalue weighted by molar-refractivity contribution is -0.130. The fourth-order valence-electron chi connectivity index (χ4n) is 3.01. The summed E-state index contributed by atoms with van der Waals surface area (Å²) >= 11 is 0. The molecule has 1 heterocycles. The van der Waals surface area contributed by atoms with E-state index in [-0.39, 0.29) is 5.91 Å². The molecule has 1 saturated heterocycles. The Labute approximate surface area is 121 Å². The second-order valence-corrected chi connectivity index (χ2v) is 5.85. The molecule has 4 heteroatoms. The maximum absolute atomic E-state index is 12.3. The third kappa shape index (κ3) is 2.72. The number of nitrogens with two attached hydrogens (primary N) is 1. The summed E-state index contributed by atoms with van der Waals surface area (Å²) in [6.07, 6.45) is 1.04. The van der Waals surface area contributed by atoms with Gasteiger partial charge in [0.25, 0.3) is 0 Å². The van der Waals surface area contributed by atoms with E-state index in [1.807, 2.05) is 20.8 Å². The van der Waals surface area contributed by atoms with Crippen LogP contribution in [0.3, 0.4) is 0 Å². The van der Waals surface area contributed by atoms with Gasteiger partial charge in [0.2, 0.25) is 5.91 Å². The topological polar surface area (TPSA) is 58.4 Å². The highest BCUT2D eigenvalue weighted by molar-refractivity contribution is 5.86. The quantitative estimate of drug-likeness (QED) is 0.874. The van der Waals surface area contributed by atoms with Gasteiger partial charge in [-0.25, -0.2) is 0 Å². The summed E-state index contributed by atoms with van der Waals surface area (Å²) in [5, 5.41) is 3.37. The molecule has 1 aromatic carbocycles. The molecule has 110 valence electrons. The van der Waals surface area contributed by atoms with Crippen molar-refractivity contribution >= 4 is 5.91 Å². The second kappa shape index (κ2) is 5.94. The number of hydrogen-bond acceptors (Lipinski definition) is 3. The van der Waals surface area contributed by atoms with Crippen LogP contribution in [0.5, 0.6) is 0 Å². The molecular weight excluding hydrogens is 250 g/mol. The van der Waals surface area contributed by atoms with Gasteiger partial charge in [0.05, 0.1) is 0 Å². The molecule has 1 atom stereocenters. The van der Waals surface area contributed by atoms with E-state index in [9.17, 15) is 4.79 Å². The first kappa shape index (κ1) is 15.0. The fourth-order valence-corrected chi connectivity index (χ4v) is 3.01. The molecule has 1 aliphatic heterocycles. The van der Waals surface area contributed by atoms with E-state index in [0.29, 0.717) is 0 Å². The number of primary amides is 1. The molecule has 0 aliphatic carbocycles. The predicted molar refractivity (Wildman–Crippen MR) is 81.5 cm³/mol. The Morgan fingerprint density at radius 1 is 1.30 bits per heavy atom. The minimum atomic E-state index is -0.734. The first-order valence-corrected chi connectivity index (χ1v) is 7.29. The highest BCUT2D eigenvalue weighted by Crippen LogP contribution is 2.31. The number of hydrogen-bond donors (Lipinski definition) is 2. The standard InChI is InChI=1S/C16H25N3O/c1-12-5-6-13(2)14(11-12)16(3,15(17)20)19-9-4-7-18-8-10-19/h5-6,11,18H,4,7-10H2,1-3H3,(H2,17,20). The van der Waals surface area contributed by atoms with Crippen molar-refractivity contribution < 1.29 is 4.79 Å². The van der Waals surface area contributed by atoms with Gasteiger partial charge in [0.15, 0.2) is 0 Å². The summed E-state index contributed by atoms with van der Waals surface area (Å²) in [5.74, 6) is -0.270. The lowest BCUT2D eigenvalue weighted by atomic mass is 9.85. The Hall–Kier alpha value is -1.39. The van der Waals surface area contributed by atoms with Gasteiger partial charge in [-0.3, -0.25) is 9.69 Å². The van der Waals surface area contributed by atoms with E-state index in [1.54, 1.807) is 0 Å². The molecule has 1 amide bonds. The van der Waals surface area contributed by atoms with E-state index >= 15 is 0 Å². The van der Waals surface area contributed by atoms with Gasteiger partial charge in [-0.05, 0) is 44.9 Å². The van der Waals surface area contributed by atoms with Crippen LogP contribution < -0.4 is 11.1 Å². The van der Waals surface area contributed by atoms with Crippen LogP contribution in [0.2, 0.25) is 0 Å². The molecule has 1 unspecified atom stereocenters. The van der Waals surface area contributed by atoms with Crippen molar-refractivity contribution in [2.24, 2.45) is 5.73 Å². The Kier molecular flexibility index (Phi) is 4.45. The number of nitrogens with one attached hydrogen (secondary N) is 1. The zero-order chi connectivity index (χ0) is 14.8. The summed E-state index contributed by atoms with van der Waals surface area (Å²) in [4.78, 5) is 14.5. The monoisotopic (exact) mass is 275 g/mol. The average Bonchev–Trinajstić information content (AvgIpc) is 2.69. The van der Waals surface area contributed by atoms with Gasteiger partial charge in [-0.2, -0.15) is 0 Å². The lowest BCUT2D eigenvalue weighted by Gasteiger charge is -2.39. The maximum Gasteiger partial charge on any atom is 0.242 e. The van der Waals surface area contributed by atoms with E-state index in [2.05, 4.69) is 28.4 Å². The molecule has 20 heavy (non-hydrogen) atoms. The van der Waals surface area contributed by atoms with Crippen LogP contribution in [0.1, 0.15) is 30.0 Å². The van der Waals surface area contributed by atoms with Crippen LogP contribution in [-0.2, 0) is 10.3 Å². The smallest absolute Gasteiger partial charge is 0.242 e. The van der Waals surface area contributed by atoms with Crippen molar-refractivity contribution in [2.75, 3.05) is 26.2 Å². The average molecular weight is 275 g/mol. The Balaban J connectivity index is 2.47. The fraction of sp³-hybridized carbons (Fsp3) is 0.562. The van der Waals surface area contributed by atoms with Crippen LogP contribution in [0.25, 0.3) is 0 Å². The Bertz CT molecular complexity index is 492. The largest absolute Gasteiger partial charge is 0.368 e. The molecule has 0 aromatic heterocycles. The molecule has 1 aliphatic rings. The molecule has 0 bridgehead atoms. The van der Waals surface area contributed by atoms with Crippen LogP contribution in [0.4, 0.5) is 0 Å². The Morgan fingerprint density at radius 2 is 2.05 bits per heavy atom. The van der Waals surface area contributed by atoms with Crippen molar-refractivity contribution in [3.63, 3.8) is 0 Å². The van der Waals surface area contributed by atoms with Gasteiger partial charge in [-0.15, -0.1) is 0 Å². The van der Waals surface area contributed by atoms with Gasteiger partial charge in [-0.1, -0.05) is 23.8 Å². The molecule has 1 fully saturated rings. The van der Waals surface area contributed by atoms with Crippen LogP contribution in [-0.4, -0.2) is 37.0 Å².